The number of hydrogen-bond donors (Lipinski definition) is 1. The van der Waals surface area contributed by atoms with E-state index in [0.29, 0.717) is 0 Å². The van der Waals surface area contributed by atoms with Crippen LogP contribution in [-0.2, 0) is 0 Å². The molecule has 2 unspecified atom stereocenters. The molecule has 1 aliphatic heterocycles. The molecule has 12 heavy (non-hydrogen) atoms. The maximum atomic E-state index is 3.36. The van der Waals surface area contributed by atoms with Crippen molar-refractivity contribution >= 4 is 0 Å². The molecule has 0 aromatic carbocycles. The monoisotopic (exact) mass is 167 g/mol. The lowest BCUT2D eigenvalue weighted by Crippen LogP contribution is -2.43. The van der Waals surface area contributed by atoms with Crippen LogP contribution in [-0.4, -0.2) is 13.1 Å². The summed E-state index contributed by atoms with van der Waals surface area (Å²) in [5, 5.41) is 3.36. The Hall–Kier alpha value is -0.0400. The molecule has 0 aromatic heterocycles. The van der Waals surface area contributed by atoms with Crippen molar-refractivity contribution in [3.63, 3.8) is 0 Å². The molecule has 1 aliphatic carbocycles. The van der Waals surface area contributed by atoms with Gasteiger partial charge < -0.3 is 5.32 Å². The summed E-state index contributed by atoms with van der Waals surface area (Å²) in [5.41, 5.74) is 0. The lowest BCUT2D eigenvalue weighted by atomic mass is 9.77. The smallest absolute Gasteiger partial charge is 0.000815 e. The molecule has 2 aliphatic rings. The molecule has 0 spiro atoms. The zero-order valence-corrected chi connectivity index (χ0v) is 8.18. The van der Waals surface area contributed by atoms with E-state index < -0.39 is 0 Å². The van der Waals surface area contributed by atoms with E-state index in [1.165, 1.54) is 45.2 Å². The lowest BCUT2D eigenvalue weighted by molar-refractivity contribution is 0.205. The molecule has 2 atom stereocenters. The van der Waals surface area contributed by atoms with Crippen molar-refractivity contribution < 1.29 is 0 Å². The highest BCUT2D eigenvalue weighted by Crippen LogP contribution is 2.33. The average molecular weight is 167 g/mol. The maximum absolute atomic E-state index is 3.36. The van der Waals surface area contributed by atoms with E-state index in [1.54, 1.807) is 0 Å². The normalized spacial score (nSPS) is 37.8. The van der Waals surface area contributed by atoms with Gasteiger partial charge >= 0.3 is 0 Å². The SMILES string of the molecule is CC1CCCC(CC2CNC2)C1. The second kappa shape index (κ2) is 3.78. The molecule has 1 saturated carbocycles. The third-order valence-electron chi connectivity index (χ3n) is 3.58. The first-order chi connectivity index (χ1) is 5.84. The van der Waals surface area contributed by atoms with Crippen molar-refractivity contribution in [2.24, 2.45) is 17.8 Å². The van der Waals surface area contributed by atoms with Crippen LogP contribution in [0.4, 0.5) is 0 Å². The van der Waals surface area contributed by atoms with Crippen LogP contribution >= 0.6 is 0 Å². The minimum Gasteiger partial charge on any atom is -0.316 e. The second-order valence-corrected chi connectivity index (χ2v) is 4.90. The minimum atomic E-state index is 1.01. The Bertz CT molecular complexity index is 140. The summed E-state index contributed by atoms with van der Waals surface area (Å²) >= 11 is 0. The molecule has 1 nitrogen and oxygen atoms in total. The Morgan fingerprint density at radius 1 is 1.17 bits per heavy atom. The summed E-state index contributed by atoms with van der Waals surface area (Å²) in [5.74, 6) is 3.11. The molecule has 1 heteroatoms. The van der Waals surface area contributed by atoms with E-state index >= 15 is 0 Å². The lowest BCUT2D eigenvalue weighted by Gasteiger charge is -2.34. The Morgan fingerprint density at radius 2 is 2.00 bits per heavy atom. The van der Waals surface area contributed by atoms with Crippen LogP contribution in [0.2, 0.25) is 0 Å². The van der Waals surface area contributed by atoms with Gasteiger partial charge in [-0.2, -0.15) is 0 Å². The summed E-state index contributed by atoms with van der Waals surface area (Å²) in [6.07, 6.45) is 7.51. The van der Waals surface area contributed by atoms with Gasteiger partial charge in [-0.25, -0.2) is 0 Å². The number of nitrogens with one attached hydrogen (secondary N) is 1. The van der Waals surface area contributed by atoms with Crippen molar-refractivity contribution in [2.75, 3.05) is 13.1 Å². The maximum Gasteiger partial charge on any atom is -0.000815 e. The Labute approximate surface area is 75.9 Å². The van der Waals surface area contributed by atoms with Gasteiger partial charge in [-0.3, -0.25) is 0 Å². The van der Waals surface area contributed by atoms with Crippen LogP contribution in [0.25, 0.3) is 0 Å². The zero-order chi connectivity index (χ0) is 8.39. The number of rotatable bonds is 2. The summed E-state index contributed by atoms with van der Waals surface area (Å²) in [6, 6.07) is 0. The first kappa shape index (κ1) is 8.55. The zero-order valence-electron chi connectivity index (χ0n) is 8.18. The molecule has 0 aromatic rings. The summed E-state index contributed by atoms with van der Waals surface area (Å²) < 4.78 is 0. The molecule has 1 N–H and O–H groups in total. The van der Waals surface area contributed by atoms with Gasteiger partial charge in [0, 0.05) is 0 Å². The van der Waals surface area contributed by atoms with Crippen molar-refractivity contribution in [3.05, 3.63) is 0 Å². The standard InChI is InChI=1S/C11H21N/c1-9-3-2-4-10(5-9)6-11-7-12-8-11/h9-12H,2-8H2,1H3. The van der Waals surface area contributed by atoms with Crippen molar-refractivity contribution in [1.82, 2.24) is 5.32 Å². The van der Waals surface area contributed by atoms with Gasteiger partial charge in [-0.05, 0) is 43.7 Å². The Morgan fingerprint density at radius 3 is 2.58 bits per heavy atom. The molecule has 2 rings (SSSR count). The van der Waals surface area contributed by atoms with Crippen LogP contribution in [0, 0.1) is 17.8 Å². The van der Waals surface area contributed by atoms with E-state index in [0.717, 1.165) is 17.8 Å². The van der Waals surface area contributed by atoms with Crippen LogP contribution in [0.15, 0.2) is 0 Å². The van der Waals surface area contributed by atoms with Crippen LogP contribution in [0.1, 0.15) is 39.0 Å². The van der Waals surface area contributed by atoms with Gasteiger partial charge in [-0.1, -0.05) is 26.2 Å². The van der Waals surface area contributed by atoms with E-state index in [-0.39, 0.29) is 0 Å². The van der Waals surface area contributed by atoms with Gasteiger partial charge in [0.05, 0.1) is 0 Å². The molecule has 0 radical (unpaired) electrons. The third kappa shape index (κ3) is 2.01. The topological polar surface area (TPSA) is 12.0 Å². The minimum absolute atomic E-state index is 1.01. The molecular weight excluding hydrogens is 146 g/mol. The van der Waals surface area contributed by atoms with Gasteiger partial charge in [0.15, 0.2) is 0 Å². The number of hydrogen-bond acceptors (Lipinski definition) is 1. The average Bonchev–Trinajstić information content (AvgIpc) is 1.97. The highest BCUT2D eigenvalue weighted by molar-refractivity contribution is 4.80. The van der Waals surface area contributed by atoms with Gasteiger partial charge in [0.25, 0.3) is 0 Å². The van der Waals surface area contributed by atoms with Crippen molar-refractivity contribution in [3.8, 4) is 0 Å². The predicted molar refractivity (Wildman–Crippen MR) is 52.1 cm³/mol. The van der Waals surface area contributed by atoms with Gasteiger partial charge in [0.1, 0.15) is 0 Å². The first-order valence-electron chi connectivity index (χ1n) is 5.55. The fraction of sp³-hybridized carbons (Fsp3) is 1.00. The quantitative estimate of drug-likeness (QED) is 0.666. The third-order valence-corrected chi connectivity index (χ3v) is 3.58. The molecule has 1 saturated heterocycles. The fourth-order valence-corrected chi connectivity index (χ4v) is 2.76. The van der Waals surface area contributed by atoms with Crippen molar-refractivity contribution in [2.45, 2.75) is 39.0 Å². The van der Waals surface area contributed by atoms with E-state index in [2.05, 4.69) is 12.2 Å². The molecule has 0 bridgehead atoms. The fourth-order valence-electron chi connectivity index (χ4n) is 2.76. The molecule has 0 amide bonds. The summed E-state index contributed by atoms with van der Waals surface area (Å²) in [4.78, 5) is 0. The Kier molecular flexibility index (Phi) is 2.69. The molecule has 70 valence electrons. The van der Waals surface area contributed by atoms with Gasteiger partial charge in [-0.15, -0.1) is 0 Å². The summed E-state index contributed by atoms with van der Waals surface area (Å²) in [7, 11) is 0. The van der Waals surface area contributed by atoms with Crippen molar-refractivity contribution in [1.29, 1.82) is 0 Å². The van der Waals surface area contributed by atoms with E-state index in [4.69, 9.17) is 0 Å². The Balaban J connectivity index is 1.71. The highest BCUT2D eigenvalue weighted by Gasteiger charge is 2.24. The highest BCUT2D eigenvalue weighted by atomic mass is 14.9. The van der Waals surface area contributed by atoms with Crippen LogP contribution in [0.3, 0.4) is 0 Å². The molecule has 2 fully saturated rings. The van der Waals surface area contributed by atoms with E-state index in [9.17, 15) is 0 Å². The predicted octanol–water partition coefficient (Wildman–Crippen LogP) is 2.42. The molecular formula is C11H21N. The first-order valence-corrected chi connectivity index (χ1v) is 5.55. The second-order valence-electron chi connectivity index (χ2n) is 4.90. The largest absolute Gasteiger partial charge is 0.316 e. The van der Waals surface area contributed by atoms with Crippen LogP contribution < -0.4 is 5.32 Å². The van der Waals surface area contributed by atoms with Gasteiger partial charge in [0.2, 0.25) is 0 Å². The summed E-state index contributed by atoms with van der Waals surface area (Å²) in [6.45, 7) is 5.01. The van der Waals surface area contributed by atoms with Crippen LogP contribution in [0.5, 0.6) is 0 Å². The van der Waals surface area contributed by atoms with E-state index in [1.807, 2.05) is 0 Å². The molecule has 1 heterocycles.